The normalized spacial score (nSPS) is 14.8. The fourth-order valence-corrected chi connectivity index (χ4v) is 4.33. The third kappa shape index (κ3) is 5.33. The number of carbonyl (C=O) groups is 2. The Balaban J connectivity index is 1.92. The highest BCUT2D eigenvalue weighted by atomic mass is 35.5. The van der Waals surface area contributed by atoms with Crippen LogP contribution >= 0.6 is 47.2 Å². The Morgan fingerprint density at radius 2 is 2.00 bits per heavy atom. The van der Waals surface area contributed by atoms with E-state index in [4.69, 9.17) is 49.6 Å². The van der Waals surface area contributed by atoms with E-state index in [-0.39, 0.29) is 19.1 Å². The predicted molar refractivity (Wildman–Crippen MR) is 127 cm³/mol. The van der Waals surface area contributed by atoms with Crippen molar-refractivity contribution in [1.82, 2.24) is 0 Å². The van der Waals surface area contributed by atoms with Crippen LogP contribution in [0.15, 0.2) is 41.3 Å². The summed E-state index contributed by atoms with van der Waals surface area (Å²) in [6.07, 6.45) is 1.64. The largest absolute Gasteiger partial charge is 0.493 e. The number of para-hydroxylation sites is 1. The zero-order valence-corrected chi connectivity index (χ0v) is 19.7. The Morgan fingerprint density at radius 3 is 2.68 bits per heavy atom. The number of hydrogen-bond donors (Lipinski definition) is 0. The van der Waals surface area contributed by atoms with Crippen LogP contribution in [0.25, 0.3) is 6.08 Å². The number of thiocarbonyl (C=S) groups is 1. The van der Waals surface area contributed by atoms with Crippen molar-refractivity contribution in [3.05, 3.63) is 56.9 Å². The second-order valence-corrected chi connectivity index (χ2v) is 8.58. The molecule has 1 amide bonds. The molecule has 162 valence electrons. The molecule has 1 saturated heterocycles. The number of rotatable bonds is 7. The number of halogens is 2. The van der Waals surface area contributed by atoms with Gasteiger partial charge in [0.25, 0.3) is 5.91 Å². The number of carbonyl (C=O) groups excluding carboxylic acids is 2. The summed E-state index contributed by atoms with van der Waals surface area (Å²) in [6, 6.07) is 10.0. The second kappa shape index (κ2) is 10.4. The number of hydrogen-bond acceptors (Lipinski definition) is 7. The number of esters is 1. The fourth-order valence-electron chi connectivity index (χ4n) is 2.75. The summed E-state index contributed by atoms with van der Waals surface area (Å²) in [5.74, 6) is -0.0892. The van der Waals surface area contributed by atoms with Gasteiger partial charge in [0.05, 0.1) is 34.4 Å². The molecule has 0 radical (unpaired) electrons. The number of nitrogens with zero attached hydrogens (tertiary/aromatic N) is 1. The van der Waals surface area contributed by atoms with Crippen LogP contribution in [0.4, 0.5) is 5.69 Å². The van der Waals surface area contributed by atoms with Crippen molar-refractivity contribution >= 4 is 75.1 Å². The van der Waals surface area contributed by atoms with Gasteiger partial charge in [-0.05, 0) is 37.3 Å². The van der Waals surface area contributed by atoms with Crippen LogP contribution < -0.4 is 14.4 Å². The molecule has 0 saturated carbocycles. The summed E-state index contributed by atoms with van der Waals surface area (Å²) >= 11 is 18.6. The molecule has 0 aromatic heterocycles. The van der Waals surface area contributed by atoms with Crippen LogP contribution in [0.2, 0.25) is 10.0 Å². The molecule has 3 rings (SSSR count). The average molecular weight is 498 g/mol. The number of anilines is 1. The molecule has 0 aliphatic carbocycles. The lowest BCUT2D eigenvalue weighted by molar-refractivity contribution is -0.145. The number of thioether (sulfide) groups is 1. The van der Waals surface area contributed by atoms with Crippen LogP contribution in [-0.4, -0.2) is 36.5 Å². The molecule has 1 fully saturated rings. The van der Waals surface area contributed by atoms with Crippen molar-refractivity contribution in [3.63, 3.8) is 0 Å². The van der Waals surface area contributed by atoms with Crippen molar-refractivity contribution in [1.29, 1.82) is 0 Å². The van der Waals surface area contributed by atoms with Gasteiger partial charge in [0.1, 0.15) is 0 Å². The van der Waals surface area contributed by atoms with E-state index in [2.05, 4.69) is 0 Å². The van der Waals surface area contributed by atoms with Crippen molar-refractivity contribution in [3.8, 4) is 11.5 Å². The number of amides is 1. The van der Waals surface area contributed by atoms with Crippen molar-refractivity contribution in [2.75, 3.05) is 25.2 Å². The van der Waals surface area contributed by atoms with Gasteiger partial charge in [-0.15, -0.1) is 0 Å². The summed E-state index contributed by atoms with van der Waals surface area (Å²) in [6.45, 7) is 1.67. The lowest BCUT2D eigenvalue weighted by atomic mass is 10.1. The molecule has 0 atom stereocenters. The summed E-state index contributed by atoms with van der Waals surface area (Å²) in [7, 11) is 1.49. The highest BCUT2D eigenvalue weighted by Gasteiger charge is 2.34. The van der Waals surface area contributed by atoms with Gasteiger partial charge in [-0.1, -0.05) is 59.3 Å². The highest BCUT2D eigenvalue weighted by Crippen LogP contribution is 2.40. The lowest BCUT2D eigenvalue weighted by Crippen LogP contribution is -2.27. The molecule has 2 aromatic rings. The van der Waals surface area contributed by atoms with E-state index in [1.807, 2.05) is 0 Å². The predicted octanol–water partition coefficient (Wildman–Crippen LogP) is 5.35. The molecule has 1 heterocycles. The van der Waals surface area contributed by atoms with Crippen molar-refractivity contribution in [2.45, 2.75) is 6.92 Å². The zero-order valence-electron chi connectivity index (χ0n) is 16.5. The molecule has 0 unspecified atom stereocenters. The molecule has 0 N–H and O–H groups in total. The summed E-state index contributed by atoms with van der Waals surface area (Å²) in [5, 5.41) is 0.700. The molecule has 10 heteroatoms. The highest BCUT2D eigenvalue weighted by molar-refractivity contribution is 8.27. The Morgan fingerprint density at radius 1 is 1.23 bits per heavy atom. The third-order valence-electron chi connectivity index (χ3n) is 4.11. The molecular formula is C21H17Cl2NO5S2. The monoisotopic (exact) mass is 497 g/mol. The third-order valence-corrected chi connectivity index (χ3v) is 6.15. The Labute approximate surface area is 199 Å². The van der Waals surface area contributed by atoms with E-state index in [1.165, 1.54) is 12.0 Å². The van der Waals surface area contributed by atoms with Gasteiger partial charge in [-0.3, -0.25) is 9.69 Å². The van der Waals surface area contributed by atoms with Gasteiger partial charge in [-0.25, -0.2) is 4.79 Å². The Kier molecular flexibility index (Phi) is 7.83. The number of benzene rings is 2. The molecule has 6 nitrogen and oxygen atoms in total. The van der Waals surface area contributed by atoms with Crippen LogP contribution in [-0.2, 0) is 14.3 Å². The van der Waals surface area contributed by atoms with Crippen molar-refractivity contribution < 1.29 is 23.8 Å². The van der Waals surface area contributed by atoms with Gasteiger partial charge in [0.2, 0.25) is 0 Å². The first-order chi connectivity index (χ1) is 14.8. The van der Waals surface area contributed by atoms with E-state index in [0.717, 1.165) is 11.8 Å². The lowest BCUT2D eigenvalue weighted by Gasteiger charge is -2.15. The van der Waals surface area contributed by atoms with Gasteiger partial charge >= 0.3 is 5.97 Å². The van der Waals surface area contributed by atoms with Gasteiger partial charge in [0, 0.05) is 5.56 Å². The maximum Gasteiger partial charge on any atom is 0.344 e. The van der Waals surface area contributed by atoms with Crippen LogP contribution in [0.5, 0.6) is 11.5 Å². The van der Waals surface area contributed by atoms with E-state index >= 15 is 0 Å². The first-order valence-corrected chi connectivity index (χ1v) is 11.0. The summed E-state index contributed by atoms with van der Waals surface area (Å²) in [5.41, 5.74) is 1.07. The van der Waals surface area contributed by atoms with E-state index in [1.54, 1.807) is 49.4 Å². The average Bonchev–Trinajstić information content (AvgIpc) is 3.02. The van der Waals surface area contributed by atoms with Crippen LogP contribution in [0, 0.1) is 0 Å². The topological polar surface area (TPSA) is 65.1 Å². The minimum Gasteiger partial charge on any atom is -0.493 e. The quantitative estimate of drug-likeness (QED) is 0.290. The molecule has 0 spiro atoms. The Bertz CT molecular complexity index is 1070. The first kappa shape index (κ1) is 23.4. The number of methoxy groups -OCH3 is 1. The molecule has 2 aromatic carbocycles. The first-order valence-electron chi connectivity index (χ1n) is 9.04. The molecule has 0 bridgehead atoms. The minimum atomic E-state index is -0.509. The Hall–Kier alpha value is -2.26. The maximum atomic E-state index is 13.1. The molecule has 1 aliphatic heterocycles. The van der Waals surface area contributed by atoms with Gasteiger partial charge in [0.15, 0.2) is 22.4 Å². The fraction of sp³-hybridized carbons (Fsp3) is 0.190. The van der Waals surface area contributed by atoms with E-state index in [9.17, 15) is 9.59 Å². The minimum absolute atomic E-state index is 0.248. The molecule has 1 aliphatic rings. The van der Waals surface area contributed by atoms with Crippen molar-refractivity contribution in [2.24, 2.45) is 0 Å². The summed E-state index contributed by atoms with van der Waals surface area (Å²) < 4.78 is 16.2. The van der Waals surface area contributed by atoms with Gasteiger partial charge < -0.3 is 14.2 Å². The van der Waals surface area contributed by atoms with Crippen LogP contribution in [0.3, 0.4) is 0 Å². The number of ether oxygens (including phenoxy) is 3. The smallest absolute Gasteiger partial charge is 0.344 e. The molecular weight excluding hydrogens is 481 g/mol. The maximum absolute atomic E-state index is 13.1. The van der Waals surface area contributed by atoms with E-state index in [0.29, 0.717) is 42.0 Å². The summed E-state index contributed by atoms with van der Waals surface area (Å²) in [4.78, 5) is 26.5. The van der Waals surface area contributed by atoms with E-state index < -0.39 is 5.97 Å². The zero-order chi connectivity index (χ0) is 22.5. The SMILES string of the molecule is CCOC(=O)COc1c(C=C2SC(=S)N(c3ccc(Cl)c(Cl)c3)C2=O)cccc1OC. The second-order valence-electron chi connectivity index (χ2n) is 6.09. The molecule has 31 heavy (non-hydrogen) atoms. The standard InChI is InChI=1S/C21H17Cl2NO5S2/c1-3-28-18(25)11-29-19-12(5-4-6-16(19)27-2)9-17-20(26)24(21(30)31-17)13-7-8-14(22)15(23)10-13/h4-10H,3,11H2,1-2H3. The van der Waals surface area contributed by atoms with Crippen LogP contribution in [0.1, 0.15) is 12.5 Å². The van der Waals surface area contributed by atoms with Gasteiger partial charge in [-0.2, -0.15) is 0 Å².